The van der Waals surface area contributed by atoms with Crippen LogP contribution in [0.15, 0.2) is 35.1 Å². The highest BCUT2D eigenvalue weighted by atomic mass is 79.9. The molecule has 1 amide bonds. The van der Waals surface area contributed by atoms with Crippen LogP contribution in [0.1, 0.15) is 16.1 Å². The molecule has 2 aromatic rings. The zero-order chi connectivity index (χ0) is 15.4. The normalized spacial score (nSPS) is 14.9. The fraction of sp³-hybridized carbons (Fsp3) is 0.333. The highest BCUT2D eigenvalue weighted by Crippen LogP contribution is 2.13. The van der Waals surface area contributed by atoms with Gasteiger partial charge in [-0.2, -0.15) is 0 Å². The summed E-state index contributed by atoms with van der Waals surface area (Å²) in [7, 11) is 0. The molecular formula is C15H17BrN4O2. The minimum atomic E-state index is -0.136. The van der Waals surface area contributed by atoms with E-state index >= 15 is 0 Å². The SMILES string of the molecule is O=C(NCc1ccc(N2CCOCC2)nc1)c1cc(Br)c[nH]1. The molecule has 0 radical (unpaired) electrons. The number of rotatable bonds is 4. The van der Waals surface area contributed by atoms with Crippen molar-refractivity contribution >= 4 is 27.7 Å². The van der Waals surface area contributed by atoms with E-state index in [0.717, 1.165) is 42.2 Å². The largest absolute Gasteiger partial charge is 0.378 e. The number of hydrogen-bond acceptors (Lipinski definition) is 4. The van der Waals surface area contributed by atoms with E-state index in [1.807, 2.05) is 12.1 Å². The molecule has 116 valence electrons. The number of nitrogens with one attached hydrogen (secondary N) is 2. The van der Waals surface area contributed by atoms with Gasteiger partial charge in [-0.15, -0.1) is 0 Å². The van der Waals surface area contributed by atoms with E-state index in [4.69, 9.17) is 4.74 Å². The molecule has 1 saturated heterocycles. The maximum atomic E-state index is 11.9. The van der Waals surface area contributed by atoms with Gasteiger partial charge in [0.1, 0.15) is 11.5 Å². The lowest BCUT2D eigenvalue weighted by molar-refractivity contribution is 0.0946. The van der Waals surface area contributed by atoms with Gasteiger partial charge in [0.15, 0.2) is 0 Å². The van der Waals surface area contributed by atoms with Gasteiger partial charge in [0.2, 0.25) is 0 Å². The first kappa shape index (κ1) is 15.1. The van der Waals surface area contributed by atoms with Crippen LogP contribution in [-0.4, -0.2) is 42.2 Å². The van der Waals surface area contributed by atoms with Crippen LogP contribution in [0.3, 0.4) is 0 Å². The molecule has 0 spiro atoms. The Morgan fingerprint density at radius 2 is 2.23 bits per heavy atom. The van der Waals surface area contributed by atoms with Gasteiger partial charge >= 0.3 is 0 Å². The van der Waals surface area contributed by atoms with Gasteiger partial charge in [-0.1, -0.05) is 6.07 Å². The molecule has 1 aliphatic rings. The molecule has 1 fully saturated rings. The minimum absolute atomic E-state index is 0.136. The number of aromatic amines is 1. The van der Waals surface area contributed by atoms with Gasteiger partial charge in [-0.25, -0.2) is 4.98 Å². The molecule has 0 aliphatic carbocycles. The molecule has 3 heterocycles. The number of pyridine rings is 1. The number of anilines is 1. The second-order valence-corrected chi connectivity index (χ2v) is 5.95. The molecular weight excluding hydrogens is 348 g/mol. The van der Waals surface area contributed by atoms with Crippen molar-refractivity contribution in [2.45, 2.75) is 6.54 Å². The molecule has 7 heteroatoms. The van der Waals surface area contributed by atoms with E-state index in [1.165, 1.54) is 0 Å². The number of halogens is 1. The lowest BCUT2D eigenvalue weighted by Gasteiger charge is -2.27. The second-order valence-electron chi connectivity index (χ2n) is 5.04. The summed E-state index contributed by atoms with van der Waals surface area (Å²) >= 11 is 3.31. The lowest BCUT2D eigenvalue weighted by Crippen LogP contribution is -2.36. The van der Waals surface area contributed by atoms with Crippen LogP contribution >= 0.6 is 15.9 Å². The van der Waals surface area contributed by atoms with Crippen molar-refractivity contribution in [3.63, 3.8) is 0 Å². The summed E-state index contributed by atoms with van der Waals surface area (Å²) in [5.41, 5.74) is 1.50. The van der Waals surface area contributed by atoms with Crippen molar-refractivity contribution < 1.29 is 9.53 Å². The first-order valence-electron chi connectivity index (χ1n) is 7.12. The van der Waals surface area contributed by atoms with Crippen molar-refractivity contribution in [3.05, 3.63) is 46.3 Å². The third-order valence-electron chi connectivity index (χ3n) is 3.49. The van der Waals surface area contributed by atoms with Crippen molar-refractivity contribution in [2.24, 2.45) is 0 Å². The third-order valence-corrected chi connectivity index (χ3v) is 3.95. The van der Waals surface area contributed by atoms with Crippen LogP contribution in [0.2, 0.25) is 0 Å². The average molecular weight is 365 g/mol. The molecule has 3 rings (SSSR count). The van der Waals surface area contributed by atoms with Crippen molar-refractivity contribution in [1.82, 2.24) is 15.3 Å². The topological polar surface area (TPSA) is 70.2 Å². The fourth-order valence-corrected chi connectivity index (χ4v) is 2.62. The smallest absolute Gasteiger partial charge is 0.268 e. The number of hydrogen-bond donors (Lipinski definition) is 2. The number of amides is 1. The fourth-order valence-electron chi connectivity index (χ4n) is 2.28. The molecule has 6 nitrogen and oxygen atoms in total. The van der Waals surface area contributed by atoms with Gasteiger partial charge in [0.25, 0.3) is 5.91 Å². The van der Waals surface area contributed by atoms with Crippen LogP contribution in [-0.2, 0) is 11.3 Å². The summed E-state index contributed by atoms with van der Waals surface area (Å²) in [6.07, 6.45) is 3.53. The van der Waals surface area contributed by atoms with E-state index < -0.39 is 0 Å². The number of nitrogens with zero attached hydrogens (tertiary/aromatic N) is 2. The highest BCUT2D eigenvalue weighted by Gasteiger charge is 2.12. The van der Waals surface area contributed by atoms with Crippen LogP contribution in [0, 0.1) is 0 Å². The van der Waals surface area contributed by atoms with Crippen LogP contribution < -0.4 is 10.2 Å². The number of carbonyl (C=O) groups is 1. The number of carbonyl (C=O) groups excluding carboxylic acids is 1. The minimum Gasteiger partial charge on any atom is -0.378 e. The number of morpholine rings is 1. The van der Waals surface area contributed by atoms with Crippen LogP contribution in [0.4, 0.5) is 5.82 Å². The van der Waals surface area contributed by atoms with Crippen molar-refractivity contribution in [3.8, 4) is 0 Å². The van der Waals surface area contributed by atoms with Gasteiger partial charge < -0.3 is 19.9 Å². The highest BCUT2D eigenvalue weighted by molar-refractivity contribution is 9.10. The number of aromatic nitrogens is 2. The summed E-state index contributed by atoms with van der Waals surface area (Å²) in [4.78, 5) is 21.5. The quantitative estimate of drug-likeness (QED) is 0.869. The zero-order valence-corrected chi connectivity index (χ0v) is 13.6. The molecule has 1 aliphatic heterocycles. The predicted molar refractivity (Wildman–Crippen MR) is 86.9 cm³/mol. The van der Waals surface area contributed by atoms with E-state index in [-0.39, 0.29) is 5.91 Å². The molecule has 0 atom stereocenters. The van der Waals surface area contributed by atoms with E-state index in [1.54, 1.807) is 18.5 Å². The Balaban J connectivity index is 1.55. The molecule has 0 bridgehead atoms. The average Bonchev–Trinajstić information content (AvgIpc) is 3.00. The maximum Gasteiger partial charge on any atom is 0.268 e. The maximum absolute atomic E-state index is 11.9. The Bertz CT molecular complexity index is 635. The summed E-state index contributed by atoms with van der Waals surface area (Å²) in [6, 6.07) is 5.72. The van der Waals surface area contributed by atoms with E-state index in [0.29, 0.717) is 12.2 Å². The number of H-pyrrole nitrogens is 1. The van der Waals surface area contributed by atoms with Gasteiger partial charge in [-0.05, 0) is 33.6 Å². The Morgan fingerprint density at radius 1 is 1.41 bits per heavy atom. The van der Waals surface area contributed by atoms with E-state index in [9.17, 15) is 4.79 Å². The standard InChI is InChI=1S/C15H17BrN4O2/c16-12-7-13(17-10-12)15(21)19-9-11-1-2-14(18-8-11)20-3-5-22-6-4-20/h1-2,7-8,10,17H,3-6,9H2,(H,19,21). The molecule has 0 saturated carbocycles. The molecule has 0 unspecified atom stereocenters. The van der Waals surface area contributed by atoms with Crippen molar-refractivity contribution in [1.29, 1.82) is 0 Å². The summed E-state index contributed by atoms with van der Waals surface area (Å²) in [5, 5.41) is 2.86. The Labute approximate surface area is 137 Å². The molecule has 0 aromatic carbocycles. The van der Waals surface area contributed by atoms with Crippen molar-refractivity contribution in [2.75, 3.05) is 31.2 Å². The van der Waals surface area contributed by atoms with Crippen LogP contribution in [0.25, 0.3) is 0 Å². The second kappa shape index (κ2) is 6.93. The summed E-state index contributed by atoms with van der Waals surface area (Å²) < 4.78 is 6.19. The first-order valence-corrected chi connectivity index (χ1v) is 7.91. The molecule has 2 aromatic heterocycles. The summed E-state index contributed by atoms with van der Waals surface area (Å²) in [5.74, 6) is 0.814. The number of ether oxygens (including phenoxy) is 1. The Hall–Kier alpha value is -1.86. The first-order chi connectivity index (χ1) is 10.7. The molecule has 2 N–H and O–H groups in total. The summed E-state index contributed by atoms with van der Waals surface area (Å²) in [6.45, 7) is 3.66. The van der Waals surface area contributed by atoms with Crippen LogP contribution in [0.5, 0.6) is 0 Å². The van der Waals surface area contributed by atoms with Gasteiger partial charge in [0.05, 0.1) is 13.2 Å². The monoisotopic (exact) mass is 364 g/mol. The molecule has 22 heavy (non-hydrogen) atoms. The predicted octanol–water partition coefficient (Wildman–Crippen LogP) is 1.94. The third kappa shape index (κ3) is 3.66. The zero-order valence-electron chi connectivity index (χ0n) is 12.0. The Kier molecular flexibility index (Phi) is 4.74. The Morgan fingerprint density at radius 3 is 2.86 bits per heavy atom. The van der Waals surface area contributed by atoms with Gasteiger partial charge in [-0.3, -0.25) is 4.79 Å². The lowest BCUT2D eigenvalue weighted by atomic mass is 10.2. The van der Waals surface area contributed by atoms with E-state index in [2.05, 4.69) is 36.1 Å². The van der Waals surface area contributed by atoms with Gasteiger partial charge in [0, 0.05) is 36.5 Å².